The number of hydrogen-bond donors (Lipinski definition) is 0. The van der Waals surface area contributed by atoms with Gasteiger partial charge in [0, 0.05) is 35.9 Å². The van der Waals surface area contributed by atoms with Crippen LogP contribution in [0.15, 0.2) is 29.3 Å². The summed E-state index contributed by atoms with van der Waals surface area (Å²) in [6, 6.07) is 6.50. The summed E-state index contributed by atoms with van der Waals surface area (Å²) >= 11 is 0. The fourth-order valence-electron chi connectivity index (χ4n) is 3.74. The van der Waals surface area contributed by atoms with Crippen LogP contribution in [-0.2, 0) is 16.6 Å². The van der Waals surface area contributed by atoms with E-state index in [1.165, 1.54) is 13.2 Å². The van der Waals surface area contributed by atoms with Gasteiger partial charge in [-0.25, -0.2) is 4.99 Å². The number of benzene rings is 1. The molecule has 0 saturated heterocycles. The monoisotopic (exact) mass is 370 g/mol. The number of aliphatic imine (C=N–C) groups is 1. The molecule has 142 valence electrons. The van der Waals surface area contributed by atoms with E-state index in [1.54, 1.807) is 36.9 Å². The number of aromatic nitrogens is 2. The van der Waals surface area contributed by atoms with Gasteiger partial charge in [-0.05, 0) is 12.8 Å². The number of aryl methyl sites for hydroxylation is 1. The first-order chi connectivity index (χ1) is 12.8. The molecule has 2 aromatic rings. The van der Waals surface area contributed by atoms with Crippen molar-refractivity contribution >= 4 is 23.2 Å². The highest BCUT2D eigenvalue weighted by molar-refractivity contribution is 6.05. The van der Waals surface area contributed by atoms with E-state index in [9.17, 15) is 14.9 Å². The first-order valence-electron chi connectivity index (χ1n) is 8.71. The highest BCUT2D eigenvalue weighted by Crippen LogP contribution is 2.48. The molecule has 27 heavy (non-hydrogen) atoms. The van der Waals surface area contributed by atoms with Crippen LogP contribution in [-0.4, -0.2) is 33.5 Å². The number of fused-ring (bicyclic) bond motifs is 1. The number of methoxy groups -OCH3 is 1. The maximum atomic E-state index is 12.6. The van der Waals surface area contributed by atoms with Crippen LogP contribution < -0.4 is 0 Å². The first kappa shape index (κ1) is 18.8. The average molecular weight is 370 g/mol. The molecule has 0 aliphatic carbocycles. The Bertz CT molecular complexity index is 945. The summed E-state index contributed by atoms with van der Waals surface area (Å²) in [7, 11) is 3.10. The van der Waals surface area contributed by atoms with Crippen molar-refractivity contribution in [2.45, 2.75) is 32.6 Å². The Morgan fingerprint density at radius 2 is 2.00 bits per heavy atom. The molecule has 0 N–H and O–H groups in total. The molecule has 0 radical (unpaired) electrons. The van der Waals surface area contributed by atoms with Crippen LogP contribution in [0.25, 0.3) is 0 Å². The number of hydrogen-bond acceptors (Lipinski definition) is 6. The fourth-order valence-corrected chi connectivity index (χ4v) is 3.74. The van der Waals surface area contributed by atoms with Gasteiger partial charge in [0.2, 0.25) is 0 Å². The van der Waals surface area contributed by atoms with Crippen LogP contribution in [0.2, 0.25) is 0 Å². The first-order valence-corrected chi connectivity index (χ1v) is 8.71. The Labute approximate surface area is 157 Å². The normalized spacial score (nSPS) is 18.8. The second kappa shape index (κ2) is 6.94. The molecule has 8 nitrogen and oxygen atoms in total. The molecular weight excluding hydrogens is 348 g/mol. The number of nitro benzene ring substituents is 1. The molecule has 2 atom stereocenters. The van der Waals surface area contributed by atoms with E-state index in [2.05, 4.69) is 10.1 Å². The minimum atomic E-state index is -0.745. The van der Waals surface area contributed by atoms with Crippen LogP contribution in [0.4, 0.5) is 11.5 Å². The molecule has 0 saturated carbocycles. The molecule has 0 spiro atoms. The van der Waals surface area contributed by atoms with Gasteiger partial charge in [0.25, 0.3) is 5.69 Å². The molecule has 1 aliphatic rings. The molecule has 0 bridgehead atoms. The maximum Gasteiger partial charge on any atom is 0.315 e. The van der Waals surface area contributed by atoms with Crippen LogP contribution in [0, 0.1) is 16.0 Å². The minimum Gasteiger partial charge on any atom is -0.468 e. The van der Waals surface area contributed by atoms with E-state index in [4.69, 9.17) is 4.74 Å². The number of ether oxygens (including phenoxy) is 1. The van der Waals surface area contributed by atoms with Gasteiger partial charge in [-0.3, -0.25) is 19.6 Å². The zero-order valence-corrected chi connectivity index (χ0v) is 16.0. The molecule has 1 aromatic heterocycles. The molecule has 1 aromatic carbocycles. The van der Waals surface area contributed by atoms with Crippen molar-refractivity contribution in [3.63, 3.8) is 0 Å². The molecule has 3 rings (SSSR count). The third-order valence-corrected chi connectivity index (χ3v) is 4.93. The lowest BCUT2D eigenvalue weighted by atomic mass is 9.75. The molecule has 1 aliphatic heterocycles. The number of rotatable bonds is 4. The topological polar surface area (TPSA) is 99.6 Å². The predicted octanol–water partition coefficient (Wildman–Crippen LogP) is 3.48. The van der Waals surface area contributed by atoms with Gasteiger partial charge in [-0.1, -0.05) is 32.0 Å². The minimum absolute atomic E-state index is 0.0318. The number of nitro groups is 1. The van der Waals surface area contributed by atoms with Crippen molar-refractivity contribution in [3.8, 4) is 0 Å². The van der Waals surface area contributed by atoms with Crippen molar-refractivity contribution in [2.24, 2.45) is 18.0 Å². The molecular formula is C19H22N4O4. The van der Waals surface area contributed by atoms with Crippen LogP contribution >= 0.6 is 0 Å². The van der Waals surface area contributed by atoms with E-state index in [0.717, 1.165) is 11.3 Å². The van der Waals surface area contributed by atoms with E-state index >= 15 is 0 Å². The Morgan fingerprint density at radius 3 is 2.59 bits per heavy atom. The molecule has 0 amide bonds. The number of carbonyl (C=O) groups excluding carboxylic acids is 1. The van der Waals surface area contributed by atoms with Crippen molar-refractivity contribution in [1.82, 2.24) is 9.78 Å². The third kappa shape index (κ3) is 3.01. The Kier molecular flexibility index (Phi) is 4.82. The van der Waals surface area contributed by atoms with Crippen molar-refractivity contribution in [1.29, 1.82) is 0 Å². The average Bonchev–Trinajstić information content (AvgIpc) is 2.96. The second-order valence-corrected chi connectivity index (χ2v) is 6.95. The second-order valence-electron chi connectivity index (χ2n) is 6.95. The molecule has 8 heteroatoms. The largest absolute Gasteiger partial charge is 0.468 e. The number of nitrogens with zero attached hydrogens (tertiary/aromatic N) is 4. The summed E-state index contributed by atoms with van der Waals surface area (Å²) in [5.41, 5.74) is 2.51. The Morgan fingerprint density at radius 1 is 1.33 bits per heavy atom. The fraction of sp³-hybridized carbons (Fsp3) is 0.421. The summed E-state index contributed by atoms with van der Waals surface area (Å²) in [6.45, 7) is 5.74. The van der Waals surface area contributed by atoms with Crippen LogP contribution in [0.1, 0.15) is 49.4 Å². The summed E-state index contributed by atoms with van der Waals surface area (Å²) in [5, 5.41) is 16.2. The zero-order valence-electron chi connectivity index (χ0n) is 16.0. The standard InChI is InChI=1S/C19H22N4O4/c1-10(2)17-16-15(12-8-6-7-9-13(12)23(25)26)14(19(24)27-5)11(3)20-18(16)22(4)21-17/h6-10,14-15H,1-5H3. The third-order valence-electron chi connectivity index (χ3n) is 4.93. The van der Waals surface area contributed by atoms with E-state index in [-0.39, 0.29) is 11.6 Å². The maximum absolute atomic E-state index is 12.6. The van der Waals surface area contributed by atoms with Crippen molar-refractivity contribution in [2.75, 3.05) is 7.11 Å². The lowest BCUT2D eigenvalue weighted by Crippen LogP contribution is -2.33. The van der Waals surface area contributed by atoms with Crippen molar-refractivity contribution in [3.05, 3.63) is 51.2 Å². The summed E-state index contributed by atoms with van der Waals surface area (Å²) in [4.78, 5) is 28.5. The summed E-state index contributed by atoms with van der Waals surface area (Å²) in [5.74, 6) is -1.11. The van der Waals surface area contributed by atoms with Gasteiger partial charge in [0.1, 0.15) is 5.92 Å². The molecule has 2 heterocycles. The predicted molar refractivity (Wildman–Crippen MR) is 101 cm³/mol. The highest BCUT2D eigenvalue weighted by atomic mass is 16.6. The van der Waals surface area contributed by atoms with E-state index in [0.29, 0.717) is 17.1 Å². The number of esters is 1. The summed E-state index contributed by atoms with van der Waals surface area (Å²) < 4.78 is 6.69. The lowest BCUT2D eigenvalue weighted by molar-refractivity contribution is -0.385. The molecule has 0 fully saturated rings. The van der Waals surface area contributed by atoms with Gasteiger partial charge in [0.15, 0.2) is 5.82 Å². The SMILES string of the molecule is COC(=O)C1C(C)=Nc2c(c(C(C)C)nn2C)C1c1ccccc1[N+](=O)[O-]. The summed E-state index contributed by atoms with van der Waals surface area (Å²) in [6.07, 6.45) is 0. The Hall–Kier alpha value is -3.03. The zero-order chi connectivity index (χ0) is 19.9. The lowest BCUT2D eigenvalue weighted by Gasteiger charge is -2.30. The molecule has 2 unspecified atom stereocenters. The Balaban J connectivity index is 2.37. The van der Waals surface area contributed by atoms with Crippen LogP contribution in [0.3, 0.4) is 0 Å². The van der Waals surface area contributed by atoms with Gasteiger partial charge in [-0.2, -0.15) is 5.10 Å². The number of para-hydroxylation sites is 1. The highest BCUT2D eigenvalue weighted by Gasteiger charge is 2.44. The van der Waals surface area contributed by atoms with E-state index in [1.807, 2.05) is 13.8 Å². The van der Waals surface area contributed by atoms with Crippen molar-refractivity contribution < 1.29 is 14.5 Å². The van der Waals surface area contributed by atoms with E-state index < -0.39 is 22.7 Å². The van der Waals surface area contributed by atoms with Gasteiger partial charge in [0.05, 0.1) is 17.7 Å². The smallest absolute Gasteiger partial charge is 0.315 e. The quantitative estimate of drug-likeness (QED) is 0.466. The van der Waals surface area contributed by atoms with Gasteiger partial charge >= 0.3 is 5.97 Å². The van der Waals surface area contributed by atoms with Gasteiger partial charge in [-0.15, -0.1) is 0 Å². The van der Waals surface area contributed by atoms with Gasteiger partial charge < -0.3 is 4.74 Å². The number of carbonyl (C=O) groups is 1. The van der Waals surface area contributed by atoms with Crippen LogP contribution in [0.5, 0.6) is 0 Å².